The summed E-state index contributed by atoms with van der Waals surface area (Å²) >= 11 is 0. The molecule has 1 N–H and O–H groups in total. The van der Waals surface area contributed by atoms with Crippen LogP contribution < -0.4 is 14.8 Å². The van der Waals surface area contributed by atoms with Gasteiger partial charge in [0.15, 0.2) is 0 Å². The molecule has 2 heterocycles. The van der Waals surface area contributed by atoms with E-state index in [-0.39, 0.29) is 11.9 Å². The molecule has 7 nitrogen and oxygen atoms in total. The zero-order valence-corrected chi connectivity index (χ0v) is 15.4. The molecule has 1 aliphatic rings. The van der Waals surface area contributed by atoms with Gasteiger partial charge in [-0.15, -0.1) is 0 Å². The first-order valence-corrected chi connectivity index (χ1v) is 8.81. The van der Waals surface area contributed by atoms with Gasteiger partial charge in [0.1, 0.15) is 23.3 Å². The highest BCUT2D eigenvalue weighted by molar-refractivity contribution is 5.95. The van der Waals surface area contributed by atoms with E-state index in [4.69, 9.17) is 14.0 Å². The molecule has 1 aliphatic heterocycles. The van der Waals surface area contributed by atoms with Crippen molar-refractivity contribution in [3.05, 3.63) is 41.3 Å². The zero-order chi connectivity index (χ0) is 18.5. The number of amides is 1. The Morgan fingerprint density at radius 2 is 2.04 bits per heavy atom. The van der Waals surface area contributed by atoms with E-state index in [1.165, 1.54) is 6.26 Å². The standard InChI is InChI=1S/C19H25N3O4/c1-4-18-17(12-26-21-18)19(23)20-14-5-6-22(11-14)10-13-7-15(24-2)9-16(8-13)25-3/h7-9,12,14H,4-6,10-11H2,1-3H3,(H,20,23). The molecule has 3 rings (SSSR count). The Bertz CT molecular complexity index is 737. The van der Waals surface area contributed by atoms with Crippen molar-refractivity contribution in [1.29, 1.82) is 0 Å². The number of hydrogen-bond donors (Lipinski definition) is 1. The molecule has 1 aromatic carbocycles. The Balaban J connectivity index is 1.58. The van der Waals surface area contributed by atoms with E-state index in [0.29, 0.717) is 17.7 Å². The van der Waals surface area contributed by atoms with Gasteiger partial charge in [-0.3, -0.25) is 9.69 Å². The first-order chi connectivity index (χ1) is 12.6. The highest BCUT2D eigenvalue weighted by atomic mass is 16.5. The molecule has 0 saturated carbocycles. The molecule has 1 aromatic heterocycles. The second-order valence-electron chi connectivity index (χ2n) is 6.44. The second-order valence-corrected chi connectivity index (χ2v) is 6.44. The number of methoxy groups -OCH3 is 2. The molecule has 0 spiro atoms. The average Bonchev–Trinajstić information content (AvgIpc) is 3.30. The molecule has 1 unspecified atom stereocenters. The van der Waals surface area contributed by atoms with Crippen molar-refractivity contribution >= 4 is 5.91 Å². The van der Waals surface area contributed by atoms with Gasteiger partial charge in [-0.25, -0.2) is 0 Å². The number of aromatic nitrogens is 1. The number of aryl methyl sites for hydroxylation is 1. The van der Waals surface area contributed by atoms with E-state index in [1.807, 2.05) is 25.1 Å². The third kappa shape index (κ3) is 4.16. The molecule has 0 radical (unpaired) electrons. The number of carbonyl (C=O) groups excluding carboxylic acids is 1. The minimum atomic E-state index is -0.113. The Morgan fingerprint density at radius 3 is 2.69 bits per heavy atom. The Labute approximate surface area is 153 Å². The van der Waals surface area contributed by atoms with Gasteiger partial charge in [0.25, 0.3) is 5.91 Å². The Kier molecular flexibility index (Phi) is 5.78. The van der Waals surface area contributed by atoms with Crippen LogP contribution in [0.3, 0.4) is 0 Å². The highest BCUT2D eigenvalue weighted by Crippen LogP contribution is 2.24. The van der Waals surface area contributed by atoms with Gasteiger partial charge in [-0.2, -0.15) is 0 Å². The van der Waals surface area contributed by atoms with Crippen LogP contribution in [0.2, 0.25) is 0 Å². The van der Waals surface area contributed by atoms with E-state index >= 15 is 0 Å². The van der Waals surface area contributed by atoms with Crippen LogP contribution in [0, 0.1) is 0 Å². The lowest BCUT2D eigenvalue weighted by molar-refractivity contribution is 0.0936. The average molecular weight is 359 g/mol. The SMILES string of the molecule is CCc1nocc1C(=O)NC1CCN(Cc2cc(OC)cc(OC)c2)C1. The van der Waals surface area contributed by atoms with E-state index in [0.717, 1.165) is 43.1 Å². The van der Waals surface area contributed by atoms with Crippen molar-refractivity contribution in [2.24, 2.45) is 0 Å². The summed E-state index contributed by atoms with van der Waals surface area (Å²) in [5, 5.41) is 6.95. The minimum absolute atomic E-state index is 0.113. The summed E-state index contributed by atoms with van der Waals surface area (Å²) in [6.45, 7) is 4.47. The molecule has 1 fully saturated rings. The first-order valence-electron chi connectivity index (χ1n) is 8.81. The third-order valence-electron chi connectivity index (χ3n) is 4.65. The summed E-state index contributed by atoms with van der Waals surface area (Å²) in [5.41, 5.74) is 2.35. The molecule has 26 heavy (non-hydrogen) atoms. The summed E-state index contributed by atoms with van der Waals surface area (Å²) in [7, 11) is 3.30. The lowest BCUT2D eigenvalue weighted by Gasteiger charge is -2.17. The number of hydrogen-bond acceptors (Lipinski definition) is 6. The number of nitrogens with zero attached hydrogens (tertiary/aromatic N) is 2. The topological polar surface area (TPSA) is 76.8 Å². The van der Waals surface area contributed by atoms with Gasteiger partial charge in [-0.1, -0.05) is 12.1 Å². The van der Waals surface area contributed by atoms with Crippen LogP contribution in [0.5, 0.6) is 11.5 Å². The van der Waals surface area contributed by atoms with Gasteiger partial charge in [0, 0.05) is 31.7 Å². The summed E-state index contributed by atoms with van der Waals surface area (Å²) in [6, 6.07) is 6.01. The summed E-state index contributed by atoms with van der Waals surface area (Å²) < 4.78 is 15.6. The molecule has 1 saturated heterocycles. The van der Waals surface area contributed by atoms with Crippen molar-refractivity contribution in [1.82, 2.24) is 15.4 Å². The van der Waals surface area contributed by atoms with E-state index in [1.54, 1.807) is 14.2 Å². The second kappa shape index (κ2) is 8.23. The third-order valence-corrected chi connectivity index (χ3v) is 4.65. The predicted octanol–water partition coefficient (Wildman–Crippen LogP) is 2.26. The van der Waals surface area contributed by atoms with Gasteiger partial charge in [0.2, 0.25) is 0 Å². The van der Waals surface area contributed by atoms with Crippen LogP contribution in [0.1, 0.15) is 35.0 Å². The summed E-state index contributed by atoms with van der Waals surface area (Å²) in [4.78, 5) is 14.7. The number of carbonyl (C=O) groups is 1. The van der Waals surface area contributed by atoms with Crippen molar-refractivity contribution in [2.75, 3.05) is 27.3 Å². The van der Waals surface area contributed by atoms with Gasteiger partial charge < -0.3 is 19.3 Å². The monoisotopic (exact) mass is 359 g/mol. The van der Waals surface area contributed by atoms with Crippen LogP contribution in [0.15, 0.2) is 29.0 Å². The van der Waals surface area contributed by atoms with Crippen molar-refractivity contribution < 1.29 is 18.8 Å². The lowest BCUT2D eigenvalue weighted by atomic mass is 10.1. The fourth-order valence-corrected chi connectivity index (χ4v) is 3.27. The number of benzene rings is 1. The maximum Gasteiger partial charge on any atom is 0.256 e. The minimum Gasteiger partial charge on any atom is -0.497 e. The van der Waals surface area contributed by atoms with Crippen molar-refractivity contribution in [3.63, 3.8) is 0 Å². The van der Waals surface area contributed by atoms with Crippen LogP contribution in [-0.4, -0.2) is 49.3 Å². The maximum absolute atomic E-state index is 12.4. The van der Waals surface area contributed by atoms with Crippen LogP contribution in [0.4, 0.5) is 0 Å². The number of nitrogens with one attached hydrogen (secondary N) is 1. The molecular weight excluding hydrogens is 334 g/mol. The number of ether oxygens (including phenoxy) is 2. The molecule has 7 heteroatoms. The Hall–Kier alpha value is -2.54. The lowest BCUT2D eigenvalue weighted by Crippen LogP contribution is -2.37. The quantitative estimate of drug-likeness (QED) is 0.817. The summed E-state index contributed by atoms with van der Waals surface area (Å²) in [5.74, 6) is 1.45. The van der Waals surface area contributed by atoms with Crippen LogP contribution in [-0.2, 0) is 13.0 Å². The fraction of sp³-hybridized carbons (Fsp3) is 0.474. The molecular formula is C19H25N3O4. The van der Waals surface area contributed by atoms with Gasteiger partial charge >= 0.3 is 0 Å². The molecule has 0 aliphatic carbocycles. The highest BCUT2D eigenvalue weighted by Gasteiger charge is 2.26. The smallest absolute Gasteiger partial charge is 0.256 e. The number of likely N-dealkylation sites (tertiary alicyclic amines) is 1. The normalized spacial score (nSPS) is 17.3. The van der Waals surface area contributed by atoms with Crippen molar-refractivity contribution in [3.8, 4) is 11.5 Å². The molecule has 2 aromatic rings. The number of rotatable bonds is 7. The van der Waals surface area contributed by atoms with Crippen LogP contribution in [0.25, 0.3) is 0 Å². The van der Waals surface area contributed by atoms with E-state index in [9.17, 15) is 4.79 Å². The molecule has 1 amide bonds. The van der Waals surface area contributed by atoms with Crippen molar-refractivity contribution in [2.45, 2.75) is 32.4 Å². The zero-order valence-electron chi connectivity index (χ0n) is 15.4. The Morgan fingerprint density at radius 1 is 1.31 bits per heavy atom. The fourth-order valence-electron chi connectivity index (χ4n) is 3.27. The largest absolute Gasteiger partial charge is 0.497 e. The predicted molar refractivity (Wildman–Crippen MR) is 96.6 cm³/mol. The van der Waals surface area contributed by atoms with Gasteiger partial charge in [-0.05, 0) is 30.5 Å². The van der Waals surface area contributed by atoms with E-state index in [2.05, 4.69) is 15.4 Å². The molecule has 1 atom stereocenters. The van der Waals surface area contributed by atoms with Gasteiger partial charge in [0.05, 0.1) is 19.9 Å². The molecule has 0 bridgehead atoms. The first kappa shape index (κ1) is 18.3. The maximum atomic E-state index is 12.4. The van der Waals surface area contributed by atoms with E-state index < -0.39 is 0 Å². The molecule has 140 valence electrons. The van der Waals surface area contributed by atoms with Crippen LogP contribution >= 0.6 is 0 Å². The summed E-state index contributed by atoms with van der Waals surface area (Å²) in [6.07, 6.45) is 3.01.